The van der Waals surface area contributed by atoms with Crippen LogP contribution in [0.15, 0.2) is 46.9 Å². The number of furan rings is 1. The van der Waals surface area contributed by atoms with E-state index < -0.39 is 0 Å². The zero-order valence-corrected chi connectivity index (χ0v) is 11.9. The second-order valence-corrected chi connectivity index (χ2v) is 5.13. The third-order valence-corrected chi connectivity index (χ3v) is 3.48. The van der Waals surface area contributed by atoms with Crippen molar-refractivity contribution in [3.05, 3.63) is 59.4 Å². The van der Waals surface area contributed by atoms with Gasteiger partial charge in [0.05, 0.1) is 0 Å². The van der Waals surface area contributed by atoms with Crippen molar-refractivity contribution in [1.29, 1.82) is 0 Å². The van der Waals surface area contributed by atoms with Crippen LogP contribution >= 0.6 is 0 Å². The Bertz CT molecular complexity index is 814. The Kier molecular flexibility index (Phi) is 3.14. The van der Waals surface area contributed by atoms with Gasteiger partial charge in [0.1, 0.15) is 5.58 Å². The Morgan fingerprint density at radius 1 is 1.10 bits per heavy atom. The van der Waals surface area contributed by atoms with Crippen molar-refractivity contribution in [2.45, 2.75) is 13.8 Å². The molecule has 0 fully saturated rings. The first-order chi connectivity index (χ1) is 10.0. The summed E-state index contributed by atoms with van der Waals surface area (Å²) in [7, 11) is 0. The van der Waals surface area contributed by atoms with Crippen molar-refractivity contribution in [3.8, 4) is 0 Å². The molecule has 1 heterocycles. The lowest BCUT2D eigenvalue weighted by Crippen LogP contribution is -2.12. The SMILES string of the molecule is Cc1cccc(C)c1NC(=O)c1cc2cc(N)ccc2o1. The van der Waals surface area contributed by atoms with Gasteiger partial charge < -0.3 is 15.5 Å². The van der Waals surface area contributed by atoms with Crippen LogP contribution < -0.4 is 11.1 Å². The maximum absolute atomic E-state index is 12.3. The van der Waals surface area contributed by atoms with Crippen LogP contribution in [0.5, 0.6) is 0 Å². The van der Waals surface area contributed by atoms with E-state index in [0.717, 1.165) is 22.2 Å². The lowest BCUT2D eigenvalue weighted by atomic mass is 10.1. The van der Waals surface area contributed by atoms with Crippen molar-refractivity contribution < 1.29 is 9.21 Å². The summed E-state index contributed by atoms with van der Waals surface area (Å²) in [5, 5.41) is 3.73. The minimum Gasteiger partial charge on any atom is -0.451 e. The minimum absolute atomic E-state index is 0.262. The molecule has 0 atom stereocenters. The zero-order chi connectivity index (χ0) is 15.0. The second kappa shape index (κ2) is 4.98. The summed E-state index contributed by atoms with van der Waals surface area (Å²) < 4.78 is 5.57. The van der Waals surface area contributed by atoms with Gasteiger partial charge in [0.25, 0.3) is 5.91 Å². The molecule has 1 aromatic heterocycles. The predicted molar refractivity (Wildman–Crippen MR) is 84.5 cm³/mol. The predicted octanol–water partition coefficient (Wildman–Crippen LogP) is 3.88. The van der Waals surface area contributed by atoms with Crippen LogP contribution in [0.1, 0.15) is 21.7 Å². The van der Waals surface area contributed by atoms with Crippen molar-refractivity contribution in [3.63, 3.8) is 0 Å². The number of amides is 1. The molecule has 4 nitrogen and oxygen atoms in total. The smallest absolute Gasteiger partial charge is 0.291 e. The Morgan fingerprint density at radius 2 is 1.81 bits per heavy atom. The maximum atomic E-state index is 12.3. The molecule has 0 aliphatic rings. The molecule has 0 spiro atoms. The maximum Gasteiger partial charge on any atom is 0.291 e. The third kappa shape index (κ3) is 2.48. The van der Waals surface area contributed by atoms with Crippen LogP contribution in [0.2, 0.25) is 0 Å². The number of hydrogen-bond acceptors (Lipinski definition) is 3. The number of aryl methyl sites for hydroxylation is 2. The molecule has 0 radical (unpaired) electrons. The Morgan fingerprint density at radius 3 is 2.52 bits per heavy atom. The standard InChI is InChI=1S/C17H16N2O2/c1-10-4-3-5-11(2)16(10)19-17(20)15-9-12-8-13(18)6-7-14(12)21-15/h3-9H,18H2,1-2H3,(H,19,20). The zero-order valence-electron chi connectivity index (χ0n) is 11.9. The van der Waals surface area contributed by atoms with Crippen LogP contribution in [-0.2, 0) is 0 Å². The average molecular weight is 280 g/mol. The van der Waals surface area contributed by atoms with Gasteiger partial charge in [0.2, 0.25) is 0 Å². The molecule has 3 rings (SSSR count). The van der Waals surface area contributed by atoms with Gasteiger partial charge in [-0.05, 0) is 49.2 Å². The van der Waals surface area contributed by atoms with Gasteiger partial charge in [-0.3, -0.25) is 4.79 Å². The summed E-state index contributed by atoms with van der Waals surface area (Å²) >= 11 is 0. The van der Waals surface area contributed by atoms with Gasteiger partial charge in [0, 0.05) is 16.8 Å². The van der Waals surface area contributed by atoms with Crippen molar-refractivity contribution in [2.24, 2.45) is 0 Å². The van der Waals surface area contributed by atoms with E-state index >= 15 is 0 Å². The Labute approximate surface area is 122 Å². The normalized spacial score (nSPS) is 10.8. The number of anilines is 2. The molecule has 2 aromatic carbocycles. The Balaban J connectivity index is 1.94. The quantitative estimate of drug-likeness (QED) is 0.700. The lowest BCUT2D eigenvalue weighted by Gasteiger charge is -2.09. The van der Waals surface area contributed by atoms with E-state index in [-0.39, 0.29) is 11.7 Å². The summed E-state index contributed by atoms with van der Waals surface area (Å²) in [4.78, 5) is 12.3. The monoisotopic (exact) mass is 280 g/mol. The number of nitrogens with two attached hydrogens (primary N) is 1. The molecule has 1 amide bonds. The number of fused-ring (bicyclic) bond motifs is 1. The highest BCUT2D eigenvalue weighted by atomic mass is 16.3. The Hall–Kier alpha value is -2.75. The first-order valence-corrected chi connectivity index (χ1v) is 6.71. The van der Waals surface area contributed by atoms with E-state index in [0.29, 0.717) is 11.3 Å². The first kappa shape index (κ1) is 13.2. The van der Waals surface area contributed by atoms with Gasteiger partial charge in [0.15, 0.2) is 5.76 Å². The molecule has 106 valence electrons. The summed E-state index contributed by atoms with van der Waals surface area (Å²) in [6, 6.07) is 12.9. The fourth-order valence-electron chi connectivity index (χ4n) is 2.36. The first-order valence-electron chi connectivity index (χ1n) is 6.71. The van der Waals surface area contributed by atoms with E-state index in [2.05, 4.69) is 5.32 Å². The van der Waals surface area contributed by atoms with Crippen LogP contribution in [0.4, 0.5) is 11.4 Å². The number of benzene rings is 2. The number of carbonyl (C=O) groups is 1. The molecule has 0 aliphatic heterocycles. The van der Waals surface area contributed by atoms with Crippen molar-refractivity contribution >= 4 is 28.3 Å². The number of nitrogens with one attached hydrogen (secondary N) is 1. The lowest BCUT2D eigenvalue weighted by molar-refractivity contribution is 0.0998. The van der Waals surface area contributed by atoms with Gasteiger partial charge >= 0.3 is 0 Å². The molecule has 0 unspecified atom stereocenters. The van der Waals surface area contributed by atoms with Gasteiger partial charge in [-0.15, -0.1) is 0 Å². The summed E-state index contributed by atoms with van der Waals surface area (Å²) in [6.45, 7) is 3.92. The van der Waals surface area contributed by atoms with Crippen LogP contribution in [-0.4, -0.2) is 5.91 Å². The number of carbonyl (C=O) groups excluding carboxylic acids is 1. The number of rotatable bonds is 2. The van der Waals surface area contributed by atoms with Crippen molar-refractivity contribution in [1.82, 2.24) is 0 Å². The fraction of sp³-hybridized carbons (Fsp3) is 0.118. The summed E-state index contributed by atoms with van der Waals surface area (Å²) in [5.74, 6) is 0.0143. The van der Waals surface area contributed by atoms with E-state index in [1.54, 1.807) is 24.3 Å². The molecule has 0 saturated heterocycles. The molecule has 0 aliphatic carbocycles. The minimum atomic E-state index is -0.262. The molecular formula is C17H16N2O2. The van der Waals surface area contributed by atoms with E-state index in [9.17, 15) is 4.79 Å². The van der Waals surface area contributed by atoms with E-state index in [4.69, 9.17) is 10.2 Å². The summed E-state index contributed by atoms with van der Waals surface area (Å²) in [5.41, 5.74) is 9.88. The highest BCUT2D eigenvalue weighted by Crippen LogP contribution is 2.24. The number of hydrogen-bond donors (Lipinski definition) is 2. The van der Waals surface area contributed by atoms with Crippen molar-refractivity contribution in [2.75, 3.05) is 11.1 Å². The number of para-hydroxylation sites is 1. The van der Waals surface area contributed by atoms with Gasteiger partial charge in [-0.1, -0.05) is 18.2 Å². The fourth-order valence-corrected chi connectivity index (χ4v) is 2.36. The molecular weight excluding hydrogens is 264 g/mol. The van der Waals surface area contributed by atoms with E-state index in [1.165, 1.54) is 0 Å². The second-order valence-electron chi connectivity index (χ2n) is 5.13. The topological polar surface area (TPSA) is 68.3 Å². The van der Waals surface area contributed by atoms with Gasteiger partial charge in [-0.25, -0.2) is 0 Å². The van der Waals surface area contributed by atoms with E-state index in [1.807, 2.05) is 32.0 Å². The van der Waals surface area contributed by atoms with Crippen LogP contribution in [0, 0.1) is 13.8 Å². The molecule has 21 heavy (non-hydrogen) atoms. The highest BCUT2D eigenvalue weighted by Gasteiger charge is 2.14. The third-order valence-electron chi connectivity index (χ3n) is 3.48. The van der Waals surface area contributed by atoms with Gasteiger partial charge in [-0.2, -0.15) is 0 Å². The highest BCUT2D eigenvalue weighted by molar-refractivity contribution is 6.05. The largest absolute Gasteiger partial charge is 0.451 e. The molecule has 0 saturated carbocycles. The molecule has 3 aromatic rings. The molecule has 4 heteroatoms. The summed E-state index contributed by atoms with van der Waals surface area (Å²) in [6.07, 6.45) is 0. The molecule has 0 bridgehead atoms. The van der Waals surface area contributed by atoms with Crippen LogP contribution in [0.25, 0.3) is 11.0 Å². The number of nitrogen functional groups attached to an aromatic ring is 1. The average Bonchev–Trinajstić information content (AvgIpc) is 2.86. The van der Waals surface area contributed by atoms with Crippen LogP contribution in [0.3, 0.4) is 0 Å². The molecule has 3 N–H and O–H groups in total.